The van der Waals surface area contributed by atoms with Gasteiger partial charge >= 0.3 is 0 Å². The summed E-state index contributed by atoms with van der Waals surface area (Å²) >= 11 is 0. The highest BCUT2D eigenvalue weighted by Crippen LogP contribution is 2.27. The number of carbonyl (C=O) groups is 1. The van der Waals surface area contributed by atoms with Gasteiger partial charge in [-0.15, -0.1) is 0 Å². The van der Waals surface area contributed by atoms with Crippen molar-refractivity contribution in [2.24, 2.45) is 5.73 Å². The van der Waals surface area contributed by atoms with Crippen molar-refractivity contribution in [1.29, 1.82) is 5.41 Å². The number of hydrogen-bond donors (Lipinski definition) is 4. The fraction of sp³-hybridized carbons (Fsp3) is 0.286. The number of nitrogens with two attached hydrogens (primary N) is 1. The summed E-state index contributed by atoms with van der Waals surface area (Å²) in [6.07, 6.45) is 3.94. The molecule has 0 bridgehead atoms. The summed E-state index contributed by atoms with van der Waals surface area (Å²) in [5, 5.41) is 14.2. The quantitative estimate of drug-likeness (QED) is 0.220. The van der Waals surface area contributed by atoms with Crippen LogP contribution in [0.1, 0.15) is 47.3 Å². The van der Waals surface area contributed by atoms with Gasteiger partial charge in [-0.1, -0.05) is 54.6 Å². The average molecular weight is 518 g/mol. The normalized spacial score (nSPS) is 18.2. The van der Waals surface area contributed by atoms with E-state index < -0.39 is 10.0 Å². The van der Waals surface area contributed by atoms with Crippen molar-refractivity contribution >= 4 is 43.4 Å². The molecule has 0 saturated heterocycles. The number of fused-ring (bicyclic) bond motifs is 2. The van der Waals surface area contributed by atoms with E-state index in [1.54, 1.807) is 6.07 Å². The van der Waals surface area contributed by atoms with Crippen LogP contribution in [0.25, 0.3) is 21.7 Å². The van der Waals surface area contributed by atoms with Crippen molar-refractivity contribution in [3.05, 3.63) is 83.6 Å². The third-order valence-corrected chi connectivity index (χ3v) is 7.86. The van der Waals surface area contributed by atoms with Crippen LogP contribution in [0.3, 0.4) is 0 Å². The lowest BCUT2D eigenvalue weighted by Crippen LogP contribution is -2.43. The van der Waals surface area contributed by atoms with E-state index >= 15 is 0 Å². The Kier molecular flexibility index (Phi) is 6.74. The molecule has 1 fully saturated rings. The van der Waals surface area contributed by atoms with E-state index in [9.17, 15) is 13.2 Å². The van der Waals surface area contributed by atoms with Gasteiger partial charge in [-0.2, -0.15) is 0 Å². The average Bonchev–Trinajstić information content (AvgIpc) is 3.22. The molecule has 4 aromatic rings. The smallest absolute Gasteiger partial charge is 0.268 e. The summed E-state index contributed by atoms with van der Waals surface area (Å²) in [6.45, 7) is 0.486. The van der Waals surface area contributed by atoms with Crippen LogP contribution in [0.4, 0.5) is 0 Å². The van der Waals surface area contributed by atoms with Crippen LogP contribution in [0.2, 0.25) is 0 Å². The summed E-state index contributed by atoms with van der Waals surface area (Å²) in [5.74, 6) is -0.189. The van der Waals surface area contributed by atoms with Gasteiger partial charge in [0.1, 0.15) is 11.5 Å². The number of nitrogen functional groups attached to an aromatic ring is 1. The second-order valence-electron chi connectivity index (χ2n) is 9.85. The zero-order valence-corrected chi connectivity index (χ0v) is 21.5. The summed E-state index contributed by atoms with van der Waals surface area (Å²) < 4.78 is 27.8. The number of nitrogens with zero attached hydrogens (tertiary/aromatic N) is 1. The topological polar surface area (TPSA) is 130 Å². The second-order valence-corrected chi connectivity index (χ2v) is 11.6. The molecule has 3 aromatic carbocycles. The molecule has 1 aliphatic carbocycles. The van der Waals surface area contributed by atoms with Gasteiger partial charge in [0.2, 0.25) is 10.0 Å². The summed E-state index contributed by atoms with van der Waals surface area (Å²) in [4.78, 5) is 13.6. The monoisotopic (exact) mass is 517 g/mol. The van der Waals surface area contributed by atoms with E-state index in [1.807, 2.05) is 41.0 Å². The molecule has 1 aliphatic rings. The highest BCUT2D eigenvalue weighted by Gasteiger charge is 2.26. The Labute approximate surface area is 216 Å². The van der Waals surface area contributed by atoms with Gasteiger partial charge < -0.3 is 15.6 Å². The molecule has 1 saturated carbocycles. The standard InChI is InChI=1S/C28H31N5O3S/c1-37(35,36)32-23-13-11-22(12-14-23)31-28(34)26-15-19-9-10-20(27(29)30)16-25(19)33(26)17-21-7-4-6-18-5-2-3-8-24(18)21/h2-10,15-16,22-23,32H,11-14,17H2,1H3,(H3,29,30)(H,31,34)/t22-,23+. The number of amides is 1. The van der Waals surface area contributed by atoms with Crippen molar-refractivity contribution in [2.45, 2.75) is 44.3 Å². The predicted molar refractivity (Wildman–Crippen MR) is 147 cm³/mol. The van der Waals surface area contributed by atoms with E-state index in [0.717, 1.165) is 27.2 Å². The van der Waals surface area contributed by atoms with Crippen molar-refractivity contribution < 1.29 is 13.2 Å². The lowest BCUT2D eigenvalue weighted by atomic mass is 9.92. The number of hydrogen-bond acceptors (Lipinski definition) is 4. The van der Waals surface area contributed by atoms with Crippen LogP contribution >= 0.6 is 0 Å². The van der Waals surface area contributed by atoms with E-state index in [2.05, 4.69) is 34.3 Å². The predicted octanol–water partition coefficient (Wildman–Crippen LogP) is 3.72. The molecular formula is C28H31N5O3S. The second kappa shape index (κ2) is 9.99. The number of rotatable bonds is 7. The molecule has 0 aliphatic heterocycles. The number of aromatic nitrogens is 1. The van der Waals surface area contributed by atoms with Crippen LogP contribution in [0, 0.1) is 5.41 Å². The molecule has 5 N–H and O–H groups in total. The molecule has 8 nitrogen and oxygen atoms in total. The highest BCUT2D eigenvalue weighted by atomic mass is 32.2. The molecule has 0 atom stereocenters. The van der Waals surface area contributed by atoms with Gasteiger partial charge in [0.25, 0.3) is 5.91 Å². The minimum absolute atomic E-state index is 0.0229. The maximum Gasteiger partial charge on any atom is 0.268 e. The minimum Gasteiger partial charge on any atom is -0.384 e. The van der Waals surface area contributed by atoms with E-state index in [-0.39, 0.29) is 23.8 Å². The van der Waals surface area contributed by atoms with E-state index in [0.29, 0.717) is 43.5 Å². The van der Waals surface area contributed by atoms with Crippen LogP contribution in [-0.2, 0) is 16.6 Å². The minimum atomic E-state index is -3.25. The number of nitrogens with one attached hydrogen (secondary N) is 3. The van der Waals surface area contributed by atoms with Crippen LogP contribution in [0.5, 0.6) is 0 Å². The Balaban J connectivity index is 1.46. The van der Waals surface area contributed by atoms with Gasteiger partial charge in [-0.05, 0) is 54.2 Å². The number of amidine groups is 1. The van der Waals surface area contributed by atoms with Crippen LogP contribution < -0.4 is 15.8 Å². The fourth-order valence-corrected chi connectivity index (χ4v) is 6.14. The molecule has 192 valence electrons. The van der Waals surface area contributed by atoms with Gasteiger partial charge in [-0.3, -0.25) is 10.2 Å². The molecule has 37 heavy (non-hydrogen) atoms. The highest BCUT2D eigenvalue weighted by molar-refractivity contribution is 7.88. The van der Waals surface area contributed by atoms with Crippen LogP contribution in [-0.4, -0.2) is 43.1 Å². The first-order chi connectivity index (χ1) is 17.7. The Morgan fingerprint density at radius 3 is 2.41 bits per heavy atom. The maximum absolute atomic E-state index is 13.6. The van der Waals surface area contributed by atoms with Crippen molar-refractivity contribution in [3.63, 3.8) is 0 Å². The number of sulfonamides is 1. The molecule has 5 rings (SSSR count). The van der Waals surface area contributed by atoms with Crippen molar-refractivity contribution in [3.8, 4) is 0 Å². The maximum atomic E-state index is 13.6. The Bertz CT molecular complexity index is 1600. The number of benzene rings is 3. The Morgan fingerprint density at radius 2 is 1.68 bits per heavy atom. The summed E-state index contributed by atoms with van der Waals surface area (Å²) in [7, 11) is -3.25. The zero-order valence-electron chi connectivity index (χ0n) is 20.7. The third kappa shape index (κ3) is 5.52. The molecule has 0 unspecified atom stereocenters. The van der Waals surface area contributed by atoms with E-state index in [4.69, 9.17) is 11.1 Å². The zero-order chi connectivity index (χ0) is 26.2. The Hall–Kier alpha value is -3.69. The van der Waals surface area contributed by atoms with Gasteiger partial charge in [-0.25, -0.2) is 13.1 Å². The molecule has 1 aromatic heterocycles. The van der Waals surface area contributed by atoms with Crippen molar-refractivity contribution in [2.75, 3.05) is 6.26 Å². The van der Waals surface area contributed by atoms with E-state index in [1.165, 1.54) is 6.26 Å². The molecule has 1 heterocycles. The molecule has 1 amide bonds. The van der Waals surface area contributed by atoms with Gasteiger partial charge in [0.05, 0.1) is 6.26 Å². The largest absolute Gasteiger partial charge is 0.384 e. The first-order valence-electron chi connectivity index (χ1n) is 12.4. The molecule has 0 radical (unpaired) electrons. The summed E-state index contributed by atoms with van der Waals surface area (Å²) in [5.41, 5.74) is 8.85. The molecule has 0 spiro atoms. The fourth-order valence-electron chi connectivity index (χ4n) is 5.30. The number of carbonyl (C=O) groups excluding carboxylic acids is 1. The molecular weight excluding hydrogens is 486 g/mol. The lowest BCUT2D eigenvalue weighted by Gasteiger charge is -2.29. The first-order valence-corrected chi connectivity index (χ1v) is 14.3. The third-order valence-electron chi connectivity index (χ3n) is 7.10. The first kappa shape index (κ1) is 25.0. The van der Waals surface area contributed by atoms with Crippen LogP contribution in [0.15, 0.2) is 66.7 Å². The molecule has 9 heteroatoms. The SMILES string of the molecule is CS(=O)(=O)N[C@H]1CC[C@@H](NC(=O)c2cc3ccc(C(=N)N)cc3n2Cc2cccc3ccccc23)CC1. The summed E-state index contributed by atoms with van der Waals surface area (Å²) in [6, 6.07) is 21.7. The lowest BCUT2D eigenvalue weighted by molar-refractivity contribution is 0.0916. The van der Waals surface area contributed by atoms with Crippen molar-refractivity contribution in [1.82, 2.24) is 14.6 Å². The van der Waals surface area contributed by atoms with Gasteiger partial charge in [0, 0.05) is 35.1 Å². The Morgan fingerprint density at radius 1 is 0.973 bits per heavy atom. The van der Waals surface area contributed by atoms with Gasteiger partial charge in [0.15, 0.2) is 0 Å².